The zero-order valence-electron chi connectivity index (χ0n) is 9.62. The van der Waals surface area contributed by atoms with E-state index in [1.165, 1.54) is 16.8 Å². The third-order valence-electron chi connectivity index (χ3n) is 3.03. The van der Waals surface area contributed by atoms with E-state index in [1.807, 2.05) is 0 Å². The van der Waals surface area contributed by atoms with Crippen LogP contribution < -0.4 is 0 Å². The monoisotopic (exact) mass is 336 g/mol. The molecule has 1 aliphatic rings. The Morgan fingerprint density at radius 3 is 2.88 bits per heavy atom. The summed E-state index contributed by atoms with van der Waals surface area (Å²) >= 11 is 0. The van der Waals surface area contributed by atoms with Gasteiger partial charge in [-0.1, -0.05) is 29.8 Å². The summed E-state index contributed by atoms with van der Waals surface area (Å²) in [7, 11) is 0. The number of aryl methyl sites for hydroxylation is 4. The van der Waals surface area contributed by atoms with E-state index in [1.54, 1.807) is 0 Å². The minimum atomic E-state index is 0. The molecule has 3 rings (SSSR count). The minimum Gasteiger partial charge on any atom is -0.439 e. The zero-order valence-corrected chi connectivity index (χ0v) is 13.2. The summed E-state index contributed by atoms with van der Waals surface area (Å²) in [4.78, 5) is 4.32. The number of fused-ring (bicyclic) bond motifs is 3. The van der Waals surface area contributed by atoms with Gasteiger partial charge in [0.15, 0.2) is 0 Å². The predicted molar refractivity (Wildman–Crippen MR) is 59.3 cm³/mol. The van der Waals surface area contributed by atoms with Crippen LogP contribution in [-0.2, 0) is 12.8 Å². The molecule has 0 saturated carbocycles. The molecule has 1 aromatic heterocycles. The van der Waals surface area contributed by atoms with Gasteiger partial charge in [-0.3, -0.25) is 0 Å². The van der Waals surface area contributed by atoms with Gasteiger partial charge < -0.3 is 9.55 Å². The van der Waals surface area contributed by atoms with E-state index in [0.29, 0.717) is 0 Å². The van der Waals surface area contributed by atoms with E-state index >= 15 is 0 Å². The first-order valence-electron chi connectivity index (χ1n) is 5.31. The summed E-state index contributed by atoms with van der Waals surface area (Å²) in [5.74, 6) is 1.14. The van der Waals surface area contributed by atoms with Gasteiger partial charge in [0.1, 0.15) is 0 Å². The Morgan fingerprint density at radius 1 is 1.25 bits per heavy atom. The molecule has 3 heteroatoms. The second-order valence-electron chi connectivity index (χ2n) is 4.19. The molecule has 79 valence electrons. The van der Waals surface area contributed by atoms with Crippen LogP contribution in [0.3, 0.4) is 0 Å². The molecule has 0 saturated heterocycles. The molecule has 0 N–H and O–H groups in total. The van der Waals surface area contributed by atoms with Crippen LogP contribution in [0.2, 0.25) is 0 Å². The summed E-state index contributed by atoms with van der Waals surface area (Å²) < 4.78 is 2.22. The van der Waals surface area contributed by atoms with E-state index in [4.69, 9.17) is 0 Å². The Morgan fingerprint density at radius 2 is 2.06 bits per heavy atom. The van der Waals surface area contributed by atoms with E-state index in [9.17, 15) is 0 Å². The van der Waals surface area contributed by atoms with Crippen molar-refractivity contribution < 1.29 is 35.6 Å². The van der Waals surface area contributed by atoms with Crippen molar-refractivity contribution >= 4 is 0 Å². The van der Waals surface area contributed by atoms with Crippen LogP contribution in [0.4, 0.5) is 0 Å². The molecule has 0 spiro atoms. The number of benzene rings is 1. The van der Waals surface area contributed by atoms with Crippen LogP contribution in [0, 0.1) is 55.6 Å². The molecule has 2 aromatic rings. The van der Waals surface area contributed by atoms with Crippen molar-refractivity contribution in [2.75, 3.05) is 0 Å². The first kappa shape index (κ1) is 12.1. The van der Waals surface area contributed by atoms with Gasteiger partial charge in [0, 0.05) is 41.3 Å². The average Bonchev–Trinajstić information content (AvgIpc) is 2.60. The maximum atomic E-state index is 4.32. The first-order chi connectivity index (χ1) is 7.25. The summed E-state index contributed by atoms with van der Waals surface area (Å²) in [6.07, 6.45) is 5.17. The van der Waals surface area contributed by atoms with Crippen molar-refractivity contribution in [3.63, 3.8) is 0 Å². The zero-order chi connectivity index (χ0) is 10.4. The van der Waals surface area contributed by atoms with Gasteiger partial charge in [-0.15, -0.1) is 6.20 Å². The Hall–Kier alpha value is -0.375. The van der Waals surface area contributed by atoms with E-state index in [0.717, 1.165) is 24.4 Å². The number of imidazole rings is 1. The van der Waals surface area contributed by atoms with Crippen LogP contribution in [0.1, 0.15) is 22.6 Å². The minimum absolute atomic E-state index is 0. The molecule has 2 nitrogen and oxygen atoms in total. The van der Waals surface area contributed by atoms with Crippen LogP contribution in [-0.4, -0.2) is 9.55 Å². The molecule has 1 aliphatic heterocycles. The predicted octanol–water partition coefficient (Wildman–Crippen LogP) is 2.39. The second-order valence-corrected chi connectivity index (χ2v) is 4.19. The molecule has 0 fully saturated rings. The standard InChI is InChI=1S/C13H13N2.La/c1-9-3-5-12-11(7-9)4-6-13-14-8-10(2)15(12)13;/h3,5,7H,4,6H2,1-2H3;/q-1;. The van der Waals surface area contributed by atoms with Crippen molar-refractivity contribution in [1.29, 1.82) is 0 Å². The molecule has 0 amide bonds. The molecular weight excluding hydrogens is 323 g/mol. The SMILES string of the molecule is Cc1ccc2c(c1)CCc1n[c-]c(C)n1-2.[La]. The summed E-state index contributed by atoms with van der Waals surface area (Å²) in [6, 6.07) is 6.63. The Labute approximate surface area is 124 Å². The molecule has 2 heterocycles. The quantitative estimate of drug-likeness (QED) is 0.676. The normalized spacial score (nSPS) is 12.6. The third-order valence-corrected chi connectivity index (χ3v) is 3.03. The number of hydrogen-bond donors (Lipinski definition) is 0. The topological polar surface area (TPSA) is 17.8 Å². The number of nitrogens with zero attached hydrogens (tertiary/aromatic N) is 2. The van der Waals surface area contributed by atoms with Gasteiger partial charge in [-0.05, 0) is 37.7 Å². The molecule has 1 radical (unpaired) electrons. The van der Waals surface area contributed by atoms with E-state index in [2.05, 4.69) is 47.8 Å². The molecular formula is C13H13LaN2-. The fourth-order valence-electron chi connectivity index (χ4n) is 2.31. The van der Waals surface area contributed by atoms with Crippen LogP contribution in [0.25, 0.3) is 5.69 Å². The van der Waals surface area contributed by atoms with Gasteiger partial charge in [0.2, 0.25) is 0 Å². The van der Waals surface area contributed by atoms with Crippen molar-refractivity contribution in [2.45, 2.75) is 26.7 Å². The maximum Gasteiger partial charge on any atom is 0.0319 e. The number of aromatic nitrogens is 2. The third kappa shape index (κ3) is 1.81. The largest absolute Gasteiger partial charge is 0.439 e. The van der Waals surface area contributed by atoms with Crippen molar-refractivity contribution in [3.8, 4) is 5.69 Å². The van der Waals surface area contributed by atoms with Gasteiger partial charge in [0.25, 0.3) is 0 Å². The fraction of sp³-hybridized carbons (Fsp3) is 0.308. The van der Waals surface area contributed by atoms with Crippen LogP contribution >= 0.6 is 0 Å². The molecule has 0 unspecified atom stereocenters. The van der Waals surface area contributed by atoms with Crippen molar-refractivity contribution in [1.82, 2.24) is 9.55 Å². The van der Waals surface area contributed by atoms with Gasteiger partial charge in [-0.25, -0.2) is 0 Å². The summed E-state index contributed by atoms with van der Waals surface area (Å²) in [5.41, 5.74) is 5.15. The van der Waals surface area contributed by atoms with Crippen LogP contribution in [0.15, 0.2) is 18.2 Å². The van der Waals surface area contributed by atoms with Crippen molar-refractivity contribution in [2.24, 2.45) is 0 Å². The van der Waals surface area contributed by atoms with Gasteiger partial charge in [0.05, 0.1) is 0 Å². The van der Waals surface area contributed by atoms with E-state index < -0.39 is 0 Å². The maximum absolute atomic E-state index is 4.32. The molecule has 0 aliphatic carbocycles. The number of rotatable bonds is 0. The second kappa shape index (κ2) is 4.48. The Bertz CT molecular complexity index is 529. The molecule has 0 bridgehead atoms. The molecule has 1 aromatic carbocycles. The van der Waals surface area contributed by atoms with Gasteiger partial charge >= 0.3 is 0 Å². The molecule has 0 atom stereocenters. The average molecular weight is 336 g/mol. The van der Waals surface area contributed by atoms with Gasteiger partial charge in [-0.2, -0.15) is 0 Å². The molecule has 16 heavy (non-hydrogen) atoms. The Balaban J connectivity index is 0.000000963. The number of hydrogen-bond acceptors (Lipinski definition) is 1. The fourth-order valence-corrected chi connectivity index (χ4v) is 2.31. The first-order valence-corrected chi connectivity index (χ1v) is 5.31. The summed E-state index contributed by atoms with van der Waals surface area (Å²) in [5, 5.41) is 0. The van der Waals surface area contributed by atoms with E-state index in [-0.39, 0.29) is 35.6 Å². The summed E-state index contributed by atoms with van der Waals surface area (Å²) in [6.45, 7) is 4.20. The smallest absolute Gasteiger partial charge is 0.0319 e. The Kier molecular flexibility index (Phi) is 3.38. The van der Waals surface area contributed by atoms with Crippen LogP contribution in [0.5, 0.6) is 0 Å². The van der Waals surface area contributed by atoms with Crippen molar-refractivity contribution in [3.05, 3.63) is 47.0 Å².